The minimum atomic E-state index is -0.950. The quantitative estimate of drug-likeness (QED) is 0.774. The number of nitrogens with two attached hydrogens (primary N) is 1. The molecule has 0 saturated heterocycles. The van der Waals surface area contributed by atoms with Gasteiger partial charge in [-0.3, -0.25) is 14.6 Å². The van der Waals surface area contributed by atoms with Gasteiger partial charge in [0.1, 0.15) is 0 Å². The van der Waals surface area contributed by atoms with Gasteiger partial charge in [-0.25, -0.2) is 0 Å². The van der Waals surface area contributed by atoms with Crippen molar-refractivity contribution in [3.05, 3.63) is 36.5 Å². The van der Waals surface area contributed by atoms with Crippen LogP contribution in [0.25, 0.3) is 0 Å². The zero-order valence-electron chi connectivity index (χ0n) is 9.93. The average Bonchev–Trinajstić information content (AvgIpc) is 2.27. The highest BCUT2D eigenvalue weighted by Gasteiger charge is 2.28. The summed E-state index contributed by atoms with van der Waals surface area (Å²) in [5.74, 6) is -0.870. The number of hydrogen-bond acceptors (Lipinski definition) is 3. The van der Waals surface area contributed by atoms with Gasteiger partial charge in [0.15, 0.2) is 0 Å². The summed E-state index contributed by atoms with van der Waals surface area (Å²) in [6, 6.07) is 5.44. The van der Waals surface area contributed by atoms with Crippen LogP contribution in [0.4, 0.5) is 0 Å². The molecule has 0 unspecified atom stereocenters. The van der Waals surface area contributed by atoms with Crippen LogP contribution < -0.4 is 11.1 Å². The van der Waals surface area contributed by atoms with Crippen LogP contribution >= 0.6 is 0 Å². The van der Waals surface area contributed by atoms with Crippen LogP contribution in [-0.4, -0.2) is 16.8 Å². The van der Waals surface area contributed by atoms with E-state index in [1.807, 2.05) is 6.07 Å². The van der Waals surface area contributed by atoms with Crippen molar-refractivity contribution >= 4 is 11.8 Å². The molecule has 0 aliphatic rings. The number of carbonyl (C=O) groups is 2. The predicted octanol–water partition coefficient (Wildman–Crippen LogP) is 0.414. The van der Waals surface area contributed by atoms with Gasteiger partial charge in [-0.15, -0.1) is 0 Å². The molecule has 0 fully saturated rings. The van der Waals surface area contributed by atoms with Crippen LogP contribution in [0.2, 0.25) is 0 Å². The van der Waals surface area contributed by atoms with Gasteiger partial charge in [0.25, 0.3) is 0 Å². The molecular formula is C12H16N3O2. The highest BCUT2D eigenvalue weighted by molar-refractivity contribution is 5.94. The first-order valence-corrected chi connectivity index (χ1v) is 5.25. The molecule has 0 bridgehead atoms. The summed E-state index contributed by atoms with van der Waals surface area (Å²) >= 11 is 0. The van der Waals surface area contributed by atoms with E-state index in [2.05, 4.69) is 10.3 Å². The summed E-state index contributed by atoms with van der Waals surface area (Å²) in [5.41, 5.74) is 4.97. The molecule has 0 atom stereocenters. The van der Waals surface area contributed by atoms with Crippen LogP contribution in [0.1, 0.15) is 19.5 Å². The molecule has 2 amide bonds. The minimum Gasteiger partial charge on any atom is -0.369 e. The number of carbonyl (C=O) groups excluding carboxylic acids is 2. The van der Waals surface area contributed by atoms with E-state index in [1.54, 1.807) is 32.2 Å². The first kappa shape index (κ1) is 13.2. The molecule has 3 N–H and O–H groups in total. The Kier molecular flexibility index (Phi) is 4.20. The molecule has 1 rings (SSSR count). The zero-order valence-corrected chi connectivity index (χ0v) is 9.93. The van der Waals surface area contributed by atoms with Crippen molar-refractivity contribution in [2.24, 2.45) is 11.1 Å². The van der Waals surface area contributed by atoms with Crippen LogP contribution in [0, 0.1) is 11.8 Å². The minimum absolute atomic E-state index is 0.324. The normalized spacial score (nSPS) is 10.9. The van der Waals surface area contributed by atoms with Crippen molar-refractivity contribution in [1.29, 1.82) is 0 Å². The maximum Gasteiger partial charge on any atom is 0.225 e. The van der Waals surface area contributed by atoms with E-state index < -0.39 is 11.3 Å². The first-order valence-electron chi connectivity index (χ1n) is 5.25. The SMILES string of the molecule is CC(C)([CH]C(=O)NCc1ccccn1)C(N)=O. The topological polar surface area (TPSA) is 85.1 Å². The van der Waals surface area contributed by atoms with Crippen molar-refractivity contribution < 1.29 is 9.59 Å². The fraction of sp³-hybridized carbons (Fsp3) is 0.333. The Morgan fingerprint density at radius 1 is 1.47 bits per heavy atom. The lowest BCUT2D eigenvalue weighted by atomic mass is 9.88. The number of hydrogen-bond donors (Lipinski definition) is 2. The summed E-state index contributed by atoms with van der Waals surface area (Å²) in [6.45, 7) is 3.51. The number of aromatic nitrogens is 1. The molecule has 5 heteroatoms. The van der Waals surface area contributed by atoms with Crippen molar-refractivity contribution in [3.63, 3.8) is 0 Å². The highest BCUT2D eigenvalue weighted by Crippen LogP contribution is 2.17. The molecule has 0 saturated carbocycles. The molecule has 0 aliphatic heterocycles. The Labute approximate surface area is 100 Å². The molecule has 1 radical (unpaired) electrons. The third-order valence-electron chi connectivity index (χ3n) is 2.30. The lowest BCUT2D eigenvalue weighted by Gasteiger charge is -2.18. The molecular weight excluding hydrogens is 218 g/mol. The van der Waals surface area contributed by atoms with Crippen molar-refractivity contribution in [1.82, 2.24) is 10.3 Å². The Balaban J connectivity index is 2.44. The van der Waals surface area contributed by atoms with E-state index in [1.165, 1.54) is 6.42 Å². The number of primary amides is 1. The lowest BCUT2D eigenvalue weighted by molar-refractivity contribution is -0.128. The summed E-state index contributed by atoms with van der Waals surface area (Å²) in [5, 5.41) is 2.65. The second-order valence-corrected chi connectivity index (χ2v) is 4.27. The molecule has 91 valence electrons. The maximum atomic E-state index is 11.5. The molecule has 17 heavy (non-hydrogen) atoms. The van der Waals surface area contributed by atoms with Crippen molar-refractivity contribution in [2.45, 2.75) is 20.4 Å². The third-order valence-corrected chi connectivity index (χ3v) is 2.30. The van der Waals surface area contributed by atoms with Crippen LogP contribution in [0.3, 0.4) is 0 Å². The lowest BCUT2D eigenvalue weighted by Crippen LogP contribution is -2.38. The Hall–Kier alpha value is -1.91. The average molecular weight is 234 g/mol. The molecule has 0 aliphatic carbocycles. The van der Waals surface area contributed by atoms with Gasteiger partial charge < -0.3 is 11.1 Å². The van der Waals surface area contributed by atoms with E-state index in [0.29, 0.717) is 6.54 Å². The van der Waals surface area contributed by atoms with E-state index in [0.717, 1.165) is 5.69 Å². The number of nitrogens with zero attached hydrogens (tertiary/aromatic N) is 1. The van der Waals surface area contributed by atoms with E-state index in [4.69, 9.17) is 5.73 Å². The monoisotopic (exact) mass is 234 g/mol. The Morgan fingerprint density at radius 2 is 2.18 bits per heavy atom. The van der Waals surface area contributed by atoms with Gasteiger partial charge in [0.2, 0.25) is 11.8 Å². The zero-order chi connectivity index (χ0) is 12.9. The molecule has 1 aromatic heterocycles. The van der Waals surface area contributed by atoms with Gasteiger partial charge >= 0.3 is 0 Å². The van der Waals surface area contributed by atoms with Crippen LogP contribution in [0.5, 0.6) is 0 Å². The van der Waals surface area contributed by atoms with Gasteiger partial charge in [0.05, 0.1) is 24.1 Å². The first-order chi connectivity index (χ1) is 7.92. The van der Waals surface area contributed by atoms with Crippen LogP contribution in [0.15, 0.2) is 24.4 Å². The molecule has 0 aromatic carbocycles. The number of pyridine rings is 1. The van der Waals surface area contributed by atoms with Gasteiger partial charge in [-0.2, -0.15) is 0 Å². The number of rotatable bonds is 5. The molecule has 1 heterocycles. The molecule has 1 aromatic rings. The molecule has 0 spiro atoms. The van der Waals surface area contributed by atoms with Gasteiger partial charge in [-0.1, -0.05) is 19.9 Å². The summed E-state index contributed by atoms with van der Waals surface area (Å²) < 4.78 is 0. The summed E-state index contributed by atoms with van der Waals surface area (Å²) in [7, 11) is 0. The van der Waals surface area contributed by atoms with E-state index >= 15 is 0 Å². The van der Waals surface area contributed by atoms with Gasteiger partial charge in [0, 0.05) is 6.20 Å². The smallest absolute Gasteiger partial charge is 0.225 e. The fourth-order valence-corrected chi connectivity index (χ4v) is 1.13. The Bertz CT molecular complexity index is 401. The van der Waals surface area contributed by atoms with Crippen molar-refractivity contribution in [2.75, 3.05) is 0 Å². The summed E-state index contributed by atoms with van der Waals surface area (Å²) in [6.07, 6.45) is 2.93. The van der Waals surface area contributed by atoms with E-state index in [9.17, 15) is 9.59 Å². The third kappa shape index (κ3) is 4.22. The highest BCUT2D eigenvalue weighted by atomic mass is 16.2. The van der Waals surface area contributed by atoms with Gasteiger partial charge in [-0.05, 0) is 12.1 Å². The summed E-state index contributed by atoms with van der Waals surface area (Å²) in [4.78, 5) is 26.6. The number of nitrogens with one attached hydrogen (secondary N) is 1. The maximum absolute atomic E-state index is 11.5. The predicted molar refractivity (Wildman–Crippen MR) is 63.4 cm³/mol. The number of amides is 2. The largest absolute Gasteiger partial charge is 0.369 e. The second-order valence-electron chi connectivity index (χ2n) is 4.27. The van der Waals surface area contributed by atoms with Crippen molar-refractivity contribution in [3.8, 4) is 0 Å². The van der Waals surface area contributed by atoms with E-state index in [-0.39, 0.29) is 5.91 Å². The van der Waals surface area contributed by atoms with Crippen LogP contribution in [-0.2, 0) is 16.1 Å². The standard InChI is InChI=1S/C12H16N3O2/c1-12(2,11(13)17)7-10(16)15-8-9-5-3-4-6-14-9/h3-7H,8H2,1-2H3,(H2,13,17)(H,15,16). The second kappa shape index (κ2) is 5.43. The molecule has 5 nitrogen and oxygen atoms in total. The fourth-order valence-electron chi connectivity index (χ4n) is 1.13. The Morgan fingerprint density at radius 3 is 2.71 bits per heavy atom.